The number of imidazole rings is 1. The van der Waals surface area contributed by atoms with E-state index in [1.54, 1.807) is 0 Å². The summed E-state index contributed by atoms with van der Waals surface area (Å²) in [6, 6.07) is 14.5. The number of benzene rings is 2. The molecular formula is C17H16BrClN2. The molecule has 1 heterocycles. The molecule has 0 amide bonds. The van der Waals surface area contributed by atoms with Crippen molar-refractivity contribution in [3.63, 3.8) is 0 Å². The van der Waals surface area contributed by atoms with Crippen LogP contribution < -0.4 is 0 Å². The van der Waals surface area contributed by atoms with Gasteiger partial charge in [-0.25, -0.2) is 4.98 Å². The number of nitrogens with zero attached hydrogens (tertiary/aromatic N) is 2. The molecule has 4 heteroatoms. The van der Waals surface area contributed by atoms with Crippen LogP contribution in [0.25, 0.3) is 16.7 Å². The fraction of sp³-hybridized carbons (Fsp3) is 0.235. The Morgan fingerprint density at radius 3 is 2.71 bits per heavy atom. The molecule has 0 saturated carbocycles. The molecule has 3 rings (SSSR count). The maximum absolute atomic E-state index is 6.36. The number of alkyl halides is 1. The van der Waals surface area contributed by atoms with Crippen molar-refractivity contribution in [3.8, 4) is 5.69 Å². The molecule has 1 aromatic heterocycles. The zero-order chi connectivity index (χ0) is 15.0. The van der Waals surface area contributed by atoms with Crippen molar-refractivity contribution >= 4 is 38.6 Å². The Hall–Kier alpha value is -1.32. The van der Waals surface area contributed by atoms with Crippen molar-refractivity contribution in [3.05, 3.63) is 58.3 Å². The molecule has 1 unspecified atom stereocenters. The van der Waals surface area contributed by atoms with E-state index >= 15 is 0 Å². The molecular weight excluding hydrogens is 348 g/mol. The molecule has 0 fully saturated rings. The lowest BCUT2D eigenvalue weighted by Gasteiger charge is -2.15. The average molecular weight is 364 g/mol. The zero-order valence-electron chi connectivity index (χ0n) is 12.0. The second kappa shape index (κ2) is 5.82. The quantitative estimate of drug-likeness (QED) is 0.550. The van der Waals surface area contributed by atoms with Crippen LogP contribution in [0.1, 0.15) is 30.6 Å². The van der Waals surface area contributed by atoms with Crippen molar-refractivity contribution in [2.45, 2.75) is 25.6 Å². The van der Waals surface area contributed by atoms with Crippen LogP contribution in [-0.2, 0) is 6.42 Å². The molecule has 2 aromatic carbocycles. The van der Waals surface area contributed by atoms with Crippen molar-refractivity contribution < 1.29 is 0 Å². The van der Waals surface area contributed by atoms with E-state index in [1.165, 1.54) is 5.56 Å². The van der Waals surface area contributed by atoms with E-state index in [2.05, 4.69) is 51.7 Å². The van der Waals surface area contributed by atoms with Crippen LogP contribution in [0.15, 0.2) is 46.9 Å². The highest BCUT2D eigenvalue weighted by molar-refractivity contribution is 9.10. The summed E-state index contributed by atoms with van der Waals surface area (Å²) in [7, 11) is 0. The third-order valence-electron chi connectivity index (χ3n) is 3.61. The van der Waals surface area contributed by atoms with Crippen LogP contribution in [0.2, 0.25) is 0 Å². The summed E-state index contributed by atoms with van der Waals surface area (Å²) in [6.07, 6.45) is 0.956. The van der Waals surface area contributed by atoms with Gasteiger partial charge in [-0.05, 0) is 49.2 Å². The third kappa shape index (κ3) is 2.60. The van der Waals surface area contributed by atoms with Gasteiger partial charge in [-0.3, -0.25) is 4.57 Å². The number of hydrogen-bond acceptors (Lipinski definition) is 1. The van der Waals surface area contributed by atoms with Crippen molar-refractivity contribution in [1.82, 2.24) is 9.55 Å². The highest BCUT2D eigenvalue weighted by atomic mass is 79.9. The number of rotatable bonds is 3. The highest BCUT2D eigenvalue weighted by Gasteiger charge is 2.17. The van der Waals surface area contributed by atoms with Gasteiger partial charge in [0.2, 0.25) is 0 Å². The van der Waals surface area contributed by atoms with E-state index in [9.17, 15) is 0 Å². The number of aromatic nitrogens is 2. The monoisotopic (exact) mass is 362 g/mol. The highest BCUT2D eigenvalue weighted by Crippen LogP contribution is 2.30. The van der Waals surface area contributed by atoms with E-state index in [0.29, 0.717) is 0 Å². The molecule has 1 atom stereocenters. The number of halogens is 2. The summed E-state index contributed by atoms with van der Waals surface area (Å²) < 4.78 is 3.27. The molecule has 0 spiro atoms. The first-order valence-electron chi connectivity index (χ1n) is 7.02. The second-order valence-electron chi connectivity index (χ2n) is 5.04. The summed E-state index contributed by atoms with van der Waals surface area (Å²) in [6.45, 7) is 4.12. The number of fused-ring (bicyclic) bond motifs is 1. The van der Waals surface area contributed by atoms with E-state index in [4.69, 9.17) is 16.6 Å². The van der Waals surface area contributed by atoms with E-state index in [1.807, 2.05) is 25.1 Å². The van der Waals surface area contributed by atoms with Gasteiger partial charge in [0, 0.05) is 4.47 Å². The zero-order valence-corrected chi connectivity index (χ0v) is 14.3. The van der Waals surface area contributed by atoms with Gasteiger partial charge in [0.15, 0.2) is 0 Å². The van der Waals surface area contributed by atoms with Gasteiger partial charge in [0.25, 0.3) is 0 Å². The molecule has 0 aliphatic carbocycles. The Bertz CT molecular complexity index is 793. The SMILES string of the molecule is CCc1cc(Br)ccc1-n1c(C(C)Cl)nc2ccccc21. The lowest BCUT2D eigenvalue weighted by molar-refractivity contribution is 0.872. The van der Waals surface area contributed by atoms with Gasteiger partial charge in [-0.1, -0.05) is 35.0 Å². The predicted molar refractivity (Wildman–Crippen MR) is 92.4 cm³/mol. The lowest BCUT2D eigenvalue weighted by atomic mass is 10.1. The summed E-state index contributed by atoms with van der Waals surface area (Å²) in [5.74, 6) is 0.884. The average Bonchev–Trinajstić information content (AvgIpc) is 2.86. The van der Waals surface area contributed by atoms with Gasteiger partial charge in [0.1, 0.15) is 5.82 Å². The Morgan fingerprint density at radius 1 is 1.24 bits per heavy atom. The molecule has 0 saturated heterocycles. The van der Waals surface area contributed by atoms with Crippen LogP contribution in [0.4, 0.5) is 0 Å². The Morgan fingerprint density at radius 2 is 2.00 bits per heavy atom. The number of hydrogen-bond donors (Lipinski definition) is 0. The van der Waals surface area contributed by atoms with Gasteiger partial charge in [-0.2, -0.15) is 0 Å². The van der Waals surface area contributed by atoms with E-state index in [-0.39, 0.29) is 5.38 Å². The summed E-state index contributed by atoms with van der Waals surface area (Å²) in [4.78, 5) is 4.71. The van der Waals surface area contributed by atoms with Crippen molar-refractivity contribution in [2.24, 2.45) is 0 Å². The summed E-state index contributed by atoms with van der Waals surface area (Å²) >= 11 is 9.91. The molecule has 21 heavy (non-hydrogen) atoms. The normalized spacial score (nSPS) is 12.8. The minimum atomic E-state index is -0.147. The summed E-state index contributed by atoms with van der Waals surface area (Å²) in [5.41, 5.74) is 4.49. The maximum Gasteiger partial charge on any atom is 0.132 e. The van der Waals surface area contributed by atoms with E-state index < -0.39 is 0 Å². The van der Waals surface area contributed by atoms with Crippen LogP contribution >= 0.6 is 27.5 Å². The van der Waals surface area contributed by atoms with Crippen LogP contribution in [0.5, 0.6) is 0 Å². The van der Waals surface area contributed by atoms with Crippen LogP contribution in [0.3, 0.4) is 0 Å². The molecule has 0 aliphatic heterocycles. The molecule has 2 nitrogen and oxygen atoms in total. The first kappa shape index (κ1) is 14.6. The second-order valence-corrected chi connectivity index (χ2v) is 6.61. The largest absolute Gasteiger partial charge is 0.295 e. The molecule has 108 valence electrons. The molecule has 3 aromatic rings. The van der Waals surface area contributed by atoms with Gasteiger partial charge in [-0.15, -0.1) is 11.6 Å². The van der Waals surface area contributed by atoms with Gasteiger partial charge >= 0.3 is 0 Å². The van der Waals surface area contributed by atoms with Gasteiger partial charge in [0.05, 0.1) is 22.1 Å². The fourth-order valence-electron chi connectivity index (χ4n) is 2.62. The van der Waals surface area contributed by atoms with Gasteiger partial charge < -0.3 is 0 Å². The smallest absolute Gasteiger partial charge is 0.132 e. The predicted octanol–water partition coefficient (Wildman–Crippen LogP) is 5.65. The standard InChI is InChI=1S/C17H16BrClN2/c1-3-12-10-13(18)8-9-15(12)21-16-7-5-4-6-14(16)20-17(21)11(2)19/h4-11H,3H2,1-2H3. The molecule has 0 radical (unpaired) electrons. The molecule has 0 bridgehead atoms. The Kier molecular flexibility index (Phi) is 4.05. The van der Waals surface area contributed by atoms with Crippen molar-refractivity contribution in [1.29, 1.82) is 0 Å². The third-order valence-corrected chi connectivity index (χ3v) is 4.29. The lowest BCUT2D eigenvalue weighted by Crippen LogP contribution is -2.05. The fourth-order valence-corrected chi connectivity index (χ4v) is 3.17. The topological polar surface area (TPSA) is 17.8 Å². The van der Waals surface area contributed by atoms with E-state index in [0.717, 1.165) is 33.4 Å². The Labute approximate surface area is 137 Å². The number of aryl methyl sites for hydroxylation is 1. The summed E-state index contributed by atoms with van der Waals surface area (Å²) in [5, 5.41) is -0.147. The van der Waals surface area contributed by atoms with Crippen LogP contribution in [-0.4, -0.2) is 9.55 Å². The first-order valence-corrected chi connectivity index (χ1v) is 8.25. The maximum atomic E-state index is 6.36. The number of para-hydroxylation sites is 2. The molecule has 0 aliphatic rings. The first-order chi connectivity index (χ1) is 10.1. The minimum Gasteiger partial charge on any atom is -0.295 e. The van der Waals surface area contributed by atoms with Crippen molar-refractivity contribution in [2.75, 3.05) is 0 Å². The minimum absolute atomic E-state index is 0.147. The van der Waals surface area contributed by atoms with Crippen LogP contribution in [0, 0.1) is 0 Å². The Balaban J connectivity index is 2.36. The molecule has 0 N–H and O–H groups in total.